The molecule has 3 aromatic carbocycles. The van der Waals surface area contributed by atoms with Gasteiger partial charge in [-0.05, 0) is 71.5 Å². The molecule has 0 saturated heterocycles. The monoisotopic (exact) mass is 488 g/mol. The lowest BCUT2D eigenvalue weighted by Gasteiger charge is -2.10. The summed E-state index contributed by atoms with van der Waals surface area (Å²) in [5.74, 6) is 0. The number of hydrogen-bond donors (Lipinski definition) is 3. The van der Waals surface area contributed by atoms with E-state index in [1.807, 2.05) is 18.2 Å². The molecule has 0 amide bonds. The summed E-state index contributed by atoms with van der Waals surface area (Å²) in [5.41, 5.74) is 11.1. The highest BCUT2D eigenvalue weighted by molar-refractivity contribution is 7.97. The van der Waals surface area contributed by atoms with Crippen LogP contribution in [-0.2, 0) is 13.0 Å². The van der Waals surface area contributed by atoms with Crippen LogP contribution in [0.5, 0.6) is 0 Å². The van der Waals surface area contributed by atoms with Crippen LogP contribution in [0, 0.1) is 5.41 Å². The third-order valence-electron chi connectivity index (χ3n) is 5.36. The van der Waals surface area contributed by atoms with Gasteiger partial charge < -0.3 is 15.7 Å². The van der Waals surface area contributed by atoms with Gasteiger partial charge in [0.1, 0.15) is 0 Å². The van der Waals surface area contributed by atoms with Crippen LogP contribution in [0.2, 0.25) is 5.02 Å². The second-order valence-corrected chi connectivity index (χ2v) is 9.34. The Balaban J connectivity index is 1.32. The molecule has 0 aliphatic rings. The number of nitrogen functional groups attached to an aromatic ring is 1. The predicted octanol–water partition coefficient (Wildman–Crippen LogP) is 5.39. The van der Waals surface area contributed by atoms with Gasteiger partial charge in [-0.2, -0.15) is 0 Å². The van der Waals surface area contributed by atoms with Gasteiger partial charge in [0, 0.05) is 40.0 Å². The largest absolute Gasteiger partial charge is 0.398 e. The smallest absolute Gasteiger partial charge is 0.250 e. The highest BCUT2D eigenvalue weighted by Gasteiger charge is 2.07. The van der Waals surface area contributed by atoms with Crippen LogP contribution in [0.3, 0.4) is 0 Å². The molecule has 0 radical (unpaired) electrons. The molecule has 7 heteroatoms. The van der Waals surface area contributed by atoms with Crippen LogP contribution in [0.15, 0.2) is 101 Å². The summed E-state index contributed by atoms with van der Waals surface area (Å²) in [7, 11) is 0. The summed E-state index contributed by atoms with van der Waals surface area (Å²) in [6.07, 6.45) is 2.62. The molecule has 4 N–H and O–H groups in total. The minimum atomic E-state index is 0.000623. The standard InChI is InChI=1S/C27H25ClN4OS/c28-22-11-12-25(29)24(16-22)26(30)17-31-34-23-5-3-4-21(15-23)14-19-7-9-20(10-8-19)18-32-13-2-1-6-27(32)33/h1-13,15-16,30-31H,14,17-18,29H2. The average Bonchev–Trinajstić information content (AvgIpc) is 2.83. The van der Waals surface area contributed by atoms with Gasteiger partial charge in [-0.25, -0.2) is 0 Å². The van der Waals surface area contributed by atoms with Crippen molar-refractivity contribution in [1.29, 1.82) is 5.41 Å². The molecule has 4 aromatic rings. The van der Waals surface area contributed by atoms with Crippen LogP contribution in [-0.4, -0.2) is 16.8 Å². The van der Waals surface area contributed by atoms with Crippen LogP contribution in [0.25, 0.3) is 0 Å². The third-order valence-corrected chi connectivity index (χ3v) is 6.37. The maximum Gasteiger partial charge on any atom is 0.250 e. The fourth-order valence-electron chi connectivity index (χ4n) is 3.58. The van der Waals surface area contributed by atoms with Gasteiger partial charge in [0.05, 0.1) is 12.3 Å². The first-order chi connectivity index (χ1) is 16.5. The highest BCUT2D eigenvalue weighted by Crippen LogP contribution is 2.21. The molecule has 0 unspecified atom stereocenters. The van der Waals surface area contributed by atoms with Gasteiger partial charge in [0.2, 0.25) is 0 Å². The first kappa shape index (κ1) is 23.8. The van der Waals surface area contributed by atoms with Crippen LogP contribution < -0.4 is 16.0 Å². The molecule has 34 heavy (non-hydrogen) atoms. The van der Waals surface area contributed by atoms with Crippen molar-refractivity contribution in [1.82, 2.24) is 9.29 Å². The van der Waals surface area contributed by atoms with Crippen molar-refractivity contribution in [2.75, 3.05) is 12.3 Å². The molecule has 0 aliphatic heterocycles. The number of hydrogen-bond acceptors (Lipinski definition) is 5. The SMILES string of the molecule is N=C(CNSc1cccc(Cc2ccc(Cn3ccccc3=O)cc2)c1)c1cc(Cl)ccc1N. The predicted molar refractivity (Wildman–Crippen MR) is 142 cm³/mol. The molecular formula is C27H25ClN4OS. The van der Waals surface area contributed by atoms with E-state index in [0.717, 1.165) is 16.9 Å². The van der Waals surface area contributed by atoms with E-state index < -0.39 is 0 Å². The Hall–Kier alpha value is -3.32. The zero-order valence-electron chi connectivity index (χ0n) is 18.5. The molecule has 1 aromatic heterocycles. The molecule has 5 nitrogen and oxygen atoms in total. The highest BCUT2D eigenvalue weighted by atomic mass is 35.5. The Labute approximate surface area is 208 Å². The lowest BCUT2D eigenvalue weighted by molar-refractivity contribution is 0.759. The molecule has 0 atom stereocenters. The number of nitrogens with two attached hydrogens (primary N) is 1. The lowest BCUT2D eigenvalue weighted by atomic mass is 10.0. The van der Waals surface area contributed by atoms with E-state index in [1.54, 1.807) is 41.1 Å². The quantitative estimate of drug-likeness (QED) is 0.167. The molecule has 0 saturated carbocycles. The Bertz CT molecular complexity index is 1350. The number of nitrogens with one attached hydrogen (secondary N) is 2. The molecule has 172 valence electrons. The maximum atomic E-state index is 11.9. The van der Waals surface area contributed by atoms with Crippen molar-refractivity contribution in [3.8, 4) is 0 Å². The number of aromatic nitrogens is 1. The Morgan fingerprint density at radius 3 is 2.53 bits per heavy atom. The van der Waals surface area contributed by atoms with Crippen molar-refractivity contribution in [2.45, 2.75) is 17.9 Å². The van der Waals surface area contributed by atoms with Gasteiger partial charge in [-0.1, -0.05) is 54.1 Å². The number of benzene rings is 3. The van der Waals surface area contributed by atoms with E-state index in [2.05, 4.69) is 41.1 Å². The van der Waals surface area contributed by atoms with Gasteiger partial charge in [0.15, 0.2) is 0 Å². The van der Waals surface area contributed by atoms with Crippen molar-refractivity contribution in [3.63, 3.8) is 0 Å². The molecular weight excluding hydrogens is 464 g/mol. The first-order valence-corrected chi connectivity index (χ1v) is 12.0. The second-order valence-electron chi connectivity index (χ2n) is 7.94. The van der Waals surface area contributed by atoms with E-state index in [-0.39, 0.29) is 5.56 Å². The molecule has 0 aliphatic carbocycles. The fraction of sp³-hybridized carbons (Fsp3) is 0.111. The Morgan fingerprint density at radius 1 is 0.941 bits per heavy atom. The summed E-state index contributed by atoms with van der Waals surface area (Å²) < 4.78 is 4.94. The fourth-order valence-corrected chi connectivity index (χ4v) is 4.49. The normalized spacial score (nSPS) is 10.9. The van der Waals surface area contributed by atoms with Crippen molar-refractivity contribution in [3.05, 3.63) is 129 Å². The number of rotatable bonds is 9. The van der Waals surface area contributed by atoms with E-state index in [0.29, 0.717) is 35.1 Å². The minimum Gasteiger partial charge on any atom is -0.398 e. The zero-order chi connectivity index (χ0) is 23.9. The summed E-state index contributed by atoms with van der Waals surface area (Å²) in [6.45, 7) is 0.930. The Morgan fingerprint density at radius 2 is 1.74 bits per heavy atom. The topological polar surface area (TPSA) is 83.9 Å². The number of anilines is 1. The van der Waals surface area contributed by atoms with E-state index in [9.17, 15) is 4.79 Å². The van der Waals surface area contributed by atoms with Gasteiger partial charge in [-0.3, -0.25) is 9.52 Å². The summed E-state index contributed by atoms with van der Waals surface area (Å²) in [5, 5.41) is 8.86. The van der Waals surface area contributed by atoms with E-state index in [1.165, 1.54) is 23.1 Å². The number of pyridine rings is 1. The second kappa shape index (κ2) is 11.2. The molecule has 0 spiro atoms. The van der Waals surface area contributed by atoms with Crippen molar-refractivity contribution in [2.24, 2.45) is 0 Å². The summed E-state index contributed by atoms with van der Waals surface area (Å²) in [4.78, 5) is 13.0. The number of halogens is 1. The zero-order valence-corrected chi connectivity index (χ0v) is 20.1. The lowest BCUT2D eigenvalue weighted by Crippen LogP contribution is -2.18. The summed E-state index contributed by atoms with van der Waals surface area (Å²) >= 11 is 7.52. The Kier molecular flexibility index (Phi) is 7.85. The number of nitrogens with zero attached hydrogens (tertiary/aromatic N) is 1. The maximum absolute atomic E-state index is 11.9. The van der Waals surface area contributed by atoms with Gasteiger partial charge in [-0.15, -0.1) is 0 Å². The molecule has 1 heterocycles. The van der Waals surface area contributed by atoms with Crippen LogP contribution >= 0.6 is 23.5 Å². The molecule has 4 rings (SSSR count). The van der Waals surface area contributed by atoms with Gasteiger partial charge in [0.25, 0.3) is 5.56 Å². The van der Waals surface area contributed by atoms with E-state index in [4.69, 9.17) is 22.7 Å². The van der Waals surface area contributed by atoms with Crippen LogP contribution in [0.1, 0.15) is 22.3 Å². The van der Waals surface area contributed by atoms with Gasteiger partial charge >= 0.3 is 0 Å². The molecule has 0 fully saturated rings. The first-order valence-electron chi connectivity index (χ1n) is 10.8. The third kappa shape index (κ3) is 6.38. The van der Waals surface area contributed by atoms with Crippen molar-refractivity contribution >= 4 is 34.9 Å². The average molecular weight is 489 g/mol. The minimum absolute atomic E-state index is 0.000623. The van der Waals surface area contributed by atoms with E-state index >= 15 is 0 Å². The van der Waals surface area contributed by atoms with Crippen LogP contribution in [0.4, 0.5) is 5.69 Å². The molecule has 0 bridgehead atoms. The summed E-state index contributed by atoms with van der Waals surface area (Å²) in [6, 6.07) is 27.0. The van der Waals surface area contributed by atoms with Crippen molar-refractivity contribution < 1.29 is 0 Å².